The first-order chi connectivity index (χ1) is 11.5. The van der Waals surface area contributed by atoms with Crippen LogP contribution in [0.4, 0.5) is 5.69 Å². The molecular formula is C16H18N4O4. The van der Waals surface area contributed by atoms with Gasteiger partial charge in [-0.25, -0.2) is 4.68 Å². The summed E-state index contributed by atoms with van der Waals surface area (Å²) in [6.07, 6.45) is 4.77. The number of para-hydroxylation sites is 2. The number of carbonyl (C=O) groups is 1. The van der Waals surface area contributed by atoms with Gasteiger partial charge in [0.2, 0.25) is 0 Å². The van der Waals surface area contributed by atoms with Crippen molar-refractivity contribution >= 4 is 11.6 Å². The van der Waals surface area contributed by atoms with Crippen LogP contribution in [-0.4, -0.2) is 37.9 Å². The van der Waals surface area contributed by atoms with Gasteiger partial charge >= 0.3 is 0 Å². The fourth-order valence-corrected chi connectivity index (χ4v) is 2.94. The Morgan fingerprint density at radius 2 is 2.04 bits per heavy atom. The monoisotopic (exact) mass is 330 g/mol. The van der Waals surface area contributed by atoms with E-state index >= 15 is 0 Å². The molecule has 1 aromatic carbocycles. The first kappa shape index (κ1) is 16.1. The van der Waals surface area contributed by atoms with E-state index in [1.54, 1.807) is 18.2 Å². The Morgan fingerprint density at radius 3 is 2.75 bits per heavy atom. The minimum atomic E-state index is -0.837. The van der Waals surface area contributed by atoms with E-state index in [2.05, 4.69) is 10.4 Å². The summed E-state index contributed by atoms with van der Waals surface area (Å²) < 4.78 is 1.30. The van der Waals surface area contributed by atoms with Gasteiger partial charge in [0.25, 0.3) is 11.6 Å². The Morgan fingerprint density at radius 1 is 1.33 bits per heavy atom. The lowest BCUT2D eigenvalue weighted by Gasteiger charge is -2.21. The van der Waals surface area contributed by atoms with Crippen LogP contribution in [0.25, 0.3) is 5.69 Å². The average Bonchev–Trinajstić information content (AvgIpc) is 3.22. The van der Waals surface area contributed by atoms with Gasteiger partial charge in [-0.3, -0.25) is 14.9 Å². The van der Waals surface area contributed by atoms with E-state index < -0.39 is 16.4 Å². The zero-order valence-electron chi connectivity index (χ0n) is 13.0. The number of amides is 1. The van der Waals surface area contributed by atoms with E-state index in [4.69, 9.17) is 0 Å². The number of benzene rings is 1. The molecule has 2 aromatic rings. The summed E-state index contributed by atoms with van der Waals surface area (Å²) in [7, 11) is 0. The molecule has 0 radical (unpaired) electrons. The number of nitrogens with zero attached hydrogens (tertiary/aromatic N) is 3. The number of aromatic nitrogens is 2. The van der Waals surface area contributed by atoms with E-state index in [0.717, 1.165) is 12.8 Å². The van der Waals surface area contributed by atoms with Crippen LogP contribution in [0.5, 0.6) is 0 Å². The quantitative estimate of drug-likeness (QED) is 0.642. The van der Waals surface area contributed by atoms with Gasteiger partial charge in [-0.05, 0) is 25.0 Å². The summed E-state index contributed by atoms with van der Waals surface area (Å²) in [4.78, 5) is 22.8. The Balaban J connectivity index is 1.74. The lowest BCUT2D eigenvalue weighted by Crippen LogP contribution is -2.40. The number of aliphatic hydroxyl groups is 1. The SMILES string of the molecule is O=C(NCC1(O)CCCC1)c1ccn(-c2ccccc2[N+](=O)[O-])n1. The maximum absolute atomic E-state index is 12.2. The number of hydrogen-bond donors (Lipinski definition) is 2. The largest absolute Gasteiger partial charge is 0.388 e. The molecule has 3 rings (SSSR count). The topological polar surface area (TPSA) is 110 Å². The number of rotatable bonds is 5. The molecule has 8 nitrogen and oxygen atoms in total. The molecule has 1 aliphatic rings. The summed E-state index contributed by atoms with van der Waals surface area (Å²) in [6.45, 7) is 0.185. The normalized spacial score (nSPS) is 16.0. The Hall–Kier alpha value is -2.74. The standard InChI is InChI=1S/C16H18N4O4/c21-15(17-11-16(22)8-3-4-9-16)12-7-10-19(18-12)13-5-1-2-6-14(13)20(23)24/h1-2,5-7,10,22H,3-4,8-9,11H2,(H,17,21). The van der Waals surface area contributed by atoms with E-state index in [1.807, 2.05) is 0 Å². The summed E-state index contributed by atoms with van der Waals surface area (Å²) in [5.74, 6) is -0.410. The van der Waals surface area contributed by atoms with Crippen molar-refractivity contribution in [1.29, 1.82) is 0 Å². The van der Waals surface area contributed by atoms with E-state index in [-0.39, 0.29) is 23.6 Å². The fraction of sp³-hybridized carbons (Fsp3) is 0.375. The van der Waals surface area contributed by atoms with Crippen molar-refractivity contribution in [3.8, 4) is 5.69 Å². The van der Waals surface area contributed by atoms with Gasteiger partial charge in [-0.15, -0.1) is 0 Å². The van der Waals surface area contributed by atoms with Crippen molar-refractivity contribution in [2.45, 2.75) is 31.3 Å². The summed E-state index contributed by atoms with van der Waals surface area (Å²) >= 11 is 0. The van der Waals surface area contributed by atoms with Gasteiger partial charge < -0.3 is 10.4 Å². The van der Waals surface area contributed by atoms with Gasteiger partial charge in [-0.2, -0.15) is 5.10 Å². The van der Waals surface area contributed by atoms with Crippen LogP contribution in [0.2, 0.25) is 0 Å². The fourth-order valence-electron chi connectivity index (χ4n) is 2.94. The maximum Gasteiger partial charge on any atom is 0.294 e. The third-order valence-electron chi connectivity index (χ3n) is 4.26. The average molecular weight is 330 g/mol. The molecule has 24 heavy (non-hydrogen) atoms. The number of hydrogen-bond acceptors (Lipinski definition) is 5. The van der Waals surface area contributed by atoms with E-state index in [1.165, 1.54) is 23.0 Å². The van der Waals surface area contributed by atoms with Crippen molar-refractivity contribution in [1.82, 2.24) is 15.1 Å². The molecule has 1 aliphatic carbocycles. The highest BCUT2D eigenvalue weighted by atomic mass is 16.6. The first-order valence-electron chi connectivity index (χ1n) is 7.79. The minimum absolute atomic E-state index is 0.0900. The molecule has 0 bridgehead atoms. The van der Waals surface area contributed by atoms with Crippen LogP contribution in [0, 0.1) is 10.1 Å². The molecule has 0 aliphatic heterocycles. The van der Waals surface area contributed by atoms with Crippen LogP contribution in [-0.2, 0) is 0 Å². The van der Waals surface area contributed by atoms with E-state index in [0.29, 0.717) is 12.8 Å². The highest BCUT2D eigenvalue weighted by Gasteiger charge is 2.31. The Kier molecular flexibility index (Phi) is 4.30. The third-order valence-corrected chi connectivity index (χ3v) is 4.26. The second kappa shape index (κ2) is 6.40. The first-order valence-corrected chi connectivity index (χ1v) is 7.79. The highest BCUT2D eigenvalue weighted by Crippen LogP contribution is 2.28. The van der Waals surface area contributed by atoms with Gasteiger partial charge in [0.1, 0.15) is 5.69 Å². The Bertz CT molecular complexity index is 765. The number of carbonyl (C=O) groups excluding carboxylic acids is 1. The molecule has 1 heterocycles. The van der Waals surface area contributed by atoms with Crippen LogP contribution < -0.4 is 5.32 Å². The molecule has 1 saturated carbocycles. The van der Waals surface area contributed by atoms with Crippen LogP contribution >= 0.6 is 0 Å². The van der Waals surface area contributed by atoms with Crippen LogP contribution in [0.15, 0.2) is 36.5 Å². The Labute approximate surface area is 138 Å². The van der Waals surface area contributed by atoms with Gasteiger partial charge in [0.15, 0.2) is 5.69 Å². The van der Waals surface area contributed by atoms with Crippen molar-refractivity contribution in [3.63, 3.8) is 0 Å². The molecule has 1 amide bonds. The molecule has 0 spiro atoms. The second-order valence-electron chi connectivity index (χ2n) is 6.01. The van der Waals surface area contributed by atoms with Crippen molar-refractivity contribution in [2.75, 3.05) is 6.54 Å². The lowest BCUT2D eigenvalue weighted by atomic mass is 10.0. The zero-order valence-corrected chi connectivity index (χ0v) is 13.0. The second-order valence-corrected chi connectivity index (χ2v) is 6.01. The molecule has 1 fully saturated rings. The molecular weight excluding hydrogens is 312 g/mol. The summed E-state index contributed by atoms with van der Waals surface area (Å²) in [5.41, 5.74) is -0.491. The molecule has 1 aromatic heterocycles. The molecule has 2 N–H and O–H groups in total. The number of nitro benzene ring substituents is 1. The van der Waals surface area contributed by atoms with Gasteiger partial charge in [0.05, 0.1) is 10.5 Å². The number of nitrogens with one attached hydrogen (secondary N) is 1. The number of nitro groups is 1. The summed E-state index contributed by atoms with van der Waals surface area (Å²) in [5, 5.41) is 28.1. The van der Waals surface area contributed by atoms with Gasteiger partial charge in [-0.1, -0.05) is 25.0 Å². The van der Waals surface area contributed by atoms with E-state index in [9.17, 15) is 20.0 Å². The lowest BCUT2D eigenvalue weighted by molar-refractivity contribution is -0.384. The molecule has 0 saturated heterocycles. The summed E-state index contributed by atoms with van der Waals surface area (Å²) in [6, 6.07) is 7.67. The predicted molar refractivity (Wildman–Crippen MR) is 86.0 cm³/mol. The molecule has 8 heteroatoms. The highest BCUT2D eigenvalue weighted by molar-refractivity contribution is 5.92. The molecule has 0 atom stereocenters. The smallest absolute Gasteiger partial charge is 0.294 e. The maximum atomic E-state index is 12.2. The predicted octanol–water partition coefficient (Wildman–Crippen LogP) is 1.82. The molecule has 0 unspecified atom stereocenters. The van der Waals surface area contributed by atoms with Crippen molar-refractivity contribution in [3.05, 3.63) is 52.3 Å². The zero-order chi connectivity index (χ0) is 17.2. The minimum Gasteiger partial charge on any atom is -0.388 e. The third kappa shape index (κ3) is 3.28. The van der Waals surface area contributed by atoms with Crippen molar-refractivity contribution in [2.24, 2.45) is 0 Å². The van der Waals surface area contributed by atoms with Crippen molar-refractivity contribution < 1.29 is 14.8 Å². The van der Waals surface area contributed by atoms with Crippen LogP contribution in [0.1, 0.15) is 36.2 Å². The van der Waals surface area contributed by atoms with Gasteiger partial charge in [0, 0.05) is 18.8 Å². The van der Waals surface area contributed by atoms with Crippen LogP contribution in [0.3, 0.4) is 0 Å². The molecule has 126 valence electrons.